The Morgan fingerprint density at radius 2 is 1.96 bits per heavy atom. The fraction of sp³-hybridized carbons (Fsp3) is 0.588. The van der Waals surface area contributed by atoms with Gasteiger partial charge in [-0.1, -0.05) is 0 Å². The molecule has 1 saturated heterocycles. The molecule has 1 aromatic rings. The summed E-state index contributed by atoms with van der Waals surface area (Å²) < 4.78 is 32.6. The third-order valence-corrected chi connectivity index (χ3v) is 5.96. The summed E-state index contributed by atoms with van der Waals surface area (Å²) in [5, 5.41) is 0. The summed E-state index contributed by atoms with van der Waals surface area (Å²) in [6.45, 7) is 3.88. The fourth-order valence-corrected chi connectivity index (χ4v) is 4.14. The van der Waals surface area contributed by atoms with E-state index in [0.717, 1.165) is 32.3 Å². The van der Waals surface area contributed by atoms with Crippen molar-refractivity contribution in [2.45, 2.75) is 49.6 Å². The SMILES string of the molecule is CCN(C[C@H]1CCCO1)C(=O)c1ccc(S(=O)(=O)NC2CC2)cc1. The minimum atomic E-state index is -3.48. The molecule has 1 saturated carbocycles. The first kappa shape index (κ1) is 17.4. The number of hydrogen-bond acceptors (Lipinski definition) is 4. The van der Waals surface area contributed by atoms with Crippen molar-refractivity contribution in [1.29, 1.82) is 0 Å². The zero-order chi connectivity index (χ0) is 17.2. The van der Waals surface area contributed by atoms with E-state index < -0.39 is 10.0 Å². The van der Waals surface area contributed by atoms with Crippen LogP contribution >= 0.6 is 0 Å². The number of benzene rings is 1. The molecule has 1 heterocycles. The molecule has 1 aliphatic carbocycles. The lowest BCUT2D eigenvalue weighted by atomic mass is 10.1. The number of hydrogen-bond donors (Lipinski definition) is 1. The molecule has 1 N–H and O–H groups in total. The third-order valence-electron chi connectivity index (χ3n) is 4.43. The highest BCUT2D eigenvalue weighted by Crippen LogP contribution is 2.22. The summed E-state index contributed by atoms with van der Waals surface area (Å²) in [4.78, 5) is 14.6. The van der Waals surface area contributed by atoms with Crippen LogP contribution in [-0.2, 0) is 14.8 Å². The highest BCUT2D eigenvalue weighted by atomic mass is 32.2. The molecule has 6 nitrogen and oxygen atoms in total. The molecule has 0 unspecified atom stereocenters. The van der Waals surface area contributed by atoms with Crippen LogP contribution in [-0.4, -0.2) is 51.1 Å². The van der Waals surface area contributed by atoms with Gasteiger partial charge in [0, 0.05) is 31.3 Å². The van der Waals surface area contributed by atoms with Crippen LogP contribution in [0.2, 0.25) is 0 Å². The van der Waals surface area contributed by atoms with Crippen molar-refractivity contribution in [3.8, 4) is 0 Å². The van der Waals surface area contributed by atoms with Crippen LogP contribution in [0.25, 0.3) is 0 Å². The van der Waals surface area contributed by atoms with Gasteiger partial charge >= 0.3 is 0 Å². The predicted octanol–water partition coefficient (Wildman–Crippen LogP) is 1.77. The second-order valence-electron chi connectivity index (χ2n) is 6.40. The Hall–Kier alpha value is -1.44. The number of nitrogens with zero attached hydrogens (tertiary/aromatic N) is 1. The lowest BCUT2D eigenvalue weighted by Gasteiger charge is -2.24. The van der Waals surface area contributed by atoms with Crippen molar-refractivity contribution in [1.82, 2.24) is 9.62 Å². The van der Waals surface area contributed by atoms with Crippen molar-refractivity contribution in [2.75, 3.05) is 19.7 Å². The van der Waals surface area contributed by atoms with Crippen molar-refractivity contribution in [3.05, 3.63) is 29.8 Å². The number of amides is 1. The van der Waals surface area contributed by atoms with Gasteiger partial charge in [-0.05, 0) is 56.9 Å². The molecule has 0 radical (unpaired) electrons. The van der Waals surface area contributed by atoms with Crippen LogP contribution in [0.1, 0.15) is 43.0 Å². The highest BCUT2D eigenvalue weighted by Gasteiger charge is 2.28. The molecule has 1 aromatic carbocycles. The average Bonchev–Trinajstić information content (AvgIpc) is 3.23. The summed E-state index contributed by atoms with van der Waals surface area (Å²) in [6, 6.07) is 6.23. The minimum absolute atomic E-state index is 0.0679. The van der Waals surface area contributed by atoms with Crippen LogP contribution in [0.4, 0.5) is 0 Å². The molecule has 1 aliphatic heterocycles. The van der Waals surface area contributed by atoms with E-state index in [1.54, 1.807) is 17.0 Å². The second kappa shape index (κ2) is 7.21. The first-order valence-electron chi connectivity index (χ1n) is 8.53. The normalized spacial score (nSPS) is 21.0. The van der Waals surface area contributed by atoms with Crippen LogP contribution < -0.4 is 4.72 Å². The van der Waals surface area contributed by atoms with Gasteiger partial charge < -0.3 is 9.64 Å². The summed E-state index contributed by atoms with van der Waals surface area (Å²) in [6.07, 6.45) is 3.91. The van der Waals surface area contributed by atoms with Crippen LogP contribution in [0.5, 0.6) is 0 Å². The first-order chi connectivity index (χ1) is 11.5. The van der Waals surface area contributed by atoms with Gasteiger partial charge in [0.05, 0.1) is 11.0 Å². The molecule has 2 aliphatic rings. The van der Waals surface area contributed by atoms with E-state index in [2.05, 4.69) is 4.72 Å². The van der Waals surface area contributed by atoms with E-state index in [-0.39, 0.29) is 22.9 Å². The molecule has 24 heavy (non-hydrogen) atoms. The standard InChI is InChI=1S/C17H24N2O4S/c1-2-19(12-15-4-3-11-23-15)17(20)13-5-9-16(10-6-13)24(21,22)18-14-7-8-14/h5-6,9-10,14-15,18H,2-4,7-8,11-12H2,1H3/t15-/m1/s1. The van der Waals surface area contributed by atoms with Gasteiger partial charge in [0.15, 0.2) is 0 Å². The molecule has 132 valence electrons. The zero-order valence-electron chi connectivity index (χ0n) is 13.9. The fourth-order valence-electron chi connectivity index (χ4n) is 2.84. The number of rotatable bonds is 7. The molecule has 0 bridgehead atoms. The molecular formula is C17H24N2O4S. The number of ether oxygens (including phenoxy) is 1. The summed E-state index contributed by atoms with van der Waals surface area (Å²) >= 11 is 0. The van der Waals surface area contributed by atoms with E-state index in [0.29, 0.717) is 18.7 Å². The number of sulfonamides is 1. The quantitative estimate of drug-likeness (QED) is 0.811. The van der Waals surface area contributed by atoms with E-state index in [4.69, 9.17) is 4.74 Å². The molecule has 0 spiro atoms. The molecule has 2 fully saturated rings. The van der Waals surface area contributed by atoms with Crippen LogP contribution in [0.3, 0.4) is 0 Å². The first-order valence-corrected chi connectivity index (χ1v) is 10.0. The maximum absolute atomic E-state index is 12.6. The second-order valence-corrected chi connectivity index (χ2v) is 8.11. The van der Waals surface area contributed by atoms with E-state index >= 15 is 0 Å². The monoisotopic (exact) mass is 352 g/mol. The maximum Gasteiger partial charge on any atom is 0.253 e. The van der Waals surface area contributed by atoms with Crippen molar-refractivity contribution >= 4 is 15.9 Å². The van der Waals surface area contributed by atoms with Crippen molar-refractivity contribution < 1.29 is 17.9 Å². The topological polar surface area (TPSA) is 75.7 Å². The Labute approximate surface area is 143 Å². The Morgan fingerprint density at radius 3 is 2.50 bits per heavy atom. The Morgan fingerprint density at radius 1 is 1.25 bits per heavy atom. The third kappa shape index (κ3) is 4.15. The minimum Gasteiger partial charge on any atom is -0.376 e. The summed E-state index contributed by atoms with van der Waals surface area (Å²) in [5.74, 6) is -0.0906. The lowest BCUT2D eigenvalue weighted by molar-refractivity contribution is 0.0539. The molecule has 7 heteroatoms. The predicted molar refractivity (Wildman–Crippen MR) is 90.3 cm³/mol. The smallest absolute Gasteiger partial charge is 0.253 e. The van der Waals surface area contributed by atoms with E-state index in [1.165, 1.54) is 12.1 Å². The van der Waals surface area contributed by atoms with Gasteiger partial charge in [0.2, 0.25) is 10.0 Å². The van der Waals surface area contributed by atoms with E-state index in [1.807, 2.05) is 6.92 Å². The average molecular weight is 352 g/mol. The Bertz CT molecular complexity index is 677. The van der Waals surface area contributed by atoms with Gasteiger partial charge in [-0.2, -0.15) is 0 Å². The maximum atomic E-state index is 12.6. The number of carbonyl (C=O) groups is 1. The van der Waals surface area contributed by atoms with Gasteiger partial charge in [0.1, 0.15) is 0 Å². The highest BCUT2D eigenvalue weighted by molar-refractivity contribution is 7.89. The Kier molecular flexibility index (Phi) is 5.22. The Balaban J connectivity index is 1.67. The van der Waals surface area contributed by atoms with Crippen LogP contribution in [0, 0.1) is 0 Å². The number of likely N-dealkylation sites (N-methyl/N-ethyl adjacent to an activating group) is 1. The number of nitrogens with one attached hydrogen (secondary N) is 1. The van der Waals surface area contributed by atoms with Crippen molar-refractivity contribution in [3.63, 3.8) is 0 Å². The molecule has 0 aromatic heterocycles. The lowest BCUT2D eigenvalue weighted by Crippen LogP contribution is -2.37. The number of carbonyl (C=O) groups excluding carboxylic acids is 1. The molecule has 1 atom stereocenters. The largest absolute Gasteiger partial charge is 0.376 e. The molecular weight excluding hydrogens is 328 g/mol. The van der Waals surface area contributed by atoms with Crippen LogP contribution in [0.15, 0.2) is 29.2 Å². The van der Waals surface area contributed by atoms with Gasteiger partial charge in [-0.15, -0.1) is 0 Å². The zero-order valence-corrected chi connectivity index (χ0v) is 14.7. The van der Waals surface area contributed by atoms with Gasteiger partial charge in [0.25, 0.3) is 5.91 Å². The summed E-state index contributed by atoms with van der Waals surface area (Å²) in [5.41, 5.74) is 0.500. The van der Waals surface area contributed by atoms with Crippen molar-refractivity contribution in [2.24, 2.45) is 0 Å². The van der Waals surface area contributed by atoms with E-state index in [9.17, 15) is 13.2 Å². The van der Waals surface area contributed by atoms with Gasteiger partial charge in [-0.3, -0.25) is 4.79 Å². The summed E-state index contributed by atoms with van der Waals surface area (Å²) in [7, 11) is -3.48. The molecule has 1 amide bonds. The van der Waals surface area contributed by atoms with Gasteiger partial charge in [-0.25, -0.2) is 13.1 Å². The molecule has 3 rings (SSSR count).